The van der Waals surface area contributed by atoms with Crippen LogP contribution in [0.4, 0.5) is 0 Å². The van der Waals surface area contributed by atoms with Crippen molar-refractivity contribution >= 4 is 35.3 Å². The lowest BCUT2D eigenvalue weighted by atomic mass is 10.1. The van der Waals surface area contributed by atoms with E-state index in [-0.39, 0.29) is 18.1 Å². The number of ketones is 1. The molecular weight excluding hydrogens is 798 g/mol. The molecule has 0 saturated heterocycles. The summed E-state index contributed by atoms with van der Waals surface area (Å²) in [6.45, 7) is 4.40. The fourth-order valence-corrected chi connectivity index (χ4v) is 5.69. The van der Waals surface area contributed by atoms with Gasteiger partial charge in [0.15, 0.2) is 5.69 Å². The SMILES string of the molecule is CCOC(=O)C(=O)C=C(O)c1ccc(C#N)cc1.CCOC(=O)c1cc(-c2ccc(C#N)cc2)n(-c2ccc(C3CC3)cc2)n1.N=NN=NCl.NCc1ccc(C2CC2)cc1. The van der Waals surface area contributed by atoms with Crippen LogP contribution in [0.2, 0.25) is 0 Å². The van der Waals surface area contributed by atoms with Crippen molar-refractivity contribution in [3.63, 3.8) is 0 Å². The fourth-order valence-electron chi connectivity index (χ4n) is 5.65. The van der Waals surface area contributed by atoms with Gasteiger partial charge in [0.1, 0.15) is 5.76 Å². The number of ether oxygens (including phenoxy) is 2. The maximum Gasteiger partial charge on any atom is 0.379 e. The van der Waals surface area contributed by atoms with E-state index in [1.54, 1.807) is 36.7 Å². The van der Waals surface area contributed by atoms with Crippen molar-refractivity contribution in [2.45, 2.75) is 57.9 Å². The average Bonchev–Trinajstić information content (AvgIpc) is 4.25. The molecule has 2 aliphatic carbocycles. The number of hydrogen-bond acceptors (Lipinski definition) is 12. The zero-order chi connectivity index (χ0) is 44.1. The first-order chi connectivity index (χ1) is 29.6. The van der Waals surface area contributed by atoms with Gasteiger partial charge in [-0.2, -0.15) is 21.2 Å². The highest BCUT2D eigenvalue weighted by Crippen LogP contribution is 2.41. The second kappa shape index (κ2) is 23.9. The van der Waals surface area contributed by atoms with Gasteiger partial charge in [-0.25, -0.2) is 14.3 Å². The maximum atomic E-state index is 12.2. The number of rotatable bonds is 12. The van der Waals surface area contributed by atoms with Crippen molar-refractivity contribution in [3.8, 4) is 29.1 Å². The van der Waals surface area contributed by atoms with E-state index in [2.05, 4.69) is 79.2 Å². The molecule has 312 valence electrons. The number of aliphatic hydroxyl groups is 1. The van der Waals surface area contributed by atoms with E-state index in [0.717, 1.165) is 28.9 Å². The van der Waals surface area contributed by atoms with E-state index in [4.69, 9.17) is 26.5 Å². The number of nitrogens with two attached hydrogens (primary N) is 1. The molecule has 4 aromatic carbocycles. The lowest BCUT2D eigenvalue weighted by molar-refractivity contribution is -0.151. The molecular formula is C45H44ClN9O6. The quantitative estimate of drug-likeness (QED) is 0.0268. The molecule has 1 aromatic heterocycles. The van der Waals surface area contributed by atoms with Crippen molar-refractivity contribution in [1.82, 2.24) is 9.78 Å². The number of nitrogens with zero attached hydrogens (tertiary/aromatic N) is 7. The number of aliphatic hydroxyl groups excluding tert-OH is 1. The number of carbonyl (C=O) groups excluding carboxylic acids is 3. The minimum atomic E-state index is -1.02. The molecule has 15 nitrogen and oxygen atoms in total. The molecule has 0 radical (unpaired) electrons. The predicted octanol–water partition coefficient (Wildman–Crippen LogP) is 9.62. The number of nitrogens with one attached hydrogen (secondary N) is 1. The first-order valence-corrected chi connectivity index (χ1v) is 19.6. The minimum absolute atomic E-state index is 0.0933. The number of aromatic nitrogens is 2. The van der Waals surface area contributed by atoms with Gasteiger partial charge < -0.3 is 20.3 Å². The van der Waals surface area contributed by atoms with Crippen molar-refractivity contribution in [2.75, 3.05) is 13.2 Å². The summed E-state index contributed by atoms with van der Waals surface area (Å²) in [5.74, 6) is -1.19. The predicted molar refractivity (Wildman–Crippen MR) is 227 cm³/mol. The maximum absolute atomic E-state index is 12.2. The highest BCUT2D eigenvalue weighted by Gasteiger charge is 2.24. The molecule has 0 atom stereocenters. The monoisotopic (exact) mass is 841 g/mol. The van der Waals surface area contributed by atoms with E-state index in [1.165, 1.54) is 66.6 Å². The molecule has 61 heavy (non-hydrogen) atoms. The van der Waals surface area contributed by atoms with Gasteiger partial charge >= 0.3 is 11.9 Å². The largest absolute Gasteiger partial charge is 0.507 e. The Hall–Kier alpha value is -7.33. The Labute approximate surface area is 358 Å². The summed E-state index contributed by atoms with van der Waals surface area (Å²) in [6, 6.07) is 35.9. The molecule has 7 rings (SSSR count). The summed E-state index contributed by atoms with van der Waals surface area (Å²) in [6.07, 6.45) is 6.05. The summed E-state index contributed by atoms with van der Waals surface area (Å²) in [4.78, 5) is 34.5. The number of nitriles is 2. The Morgan fingerprint density at radius 3 is 1.82 bits per heavy atom. The van der Waals surface area contributed by atoms with E-state index < -0.39 is 17.7 Å². The van der Waals surface area contributed by atoms with Gasteiger partial charge in [0.25, 0.3) is 5.78 Å². The van der Waals surface area contributed by atoms with Gasteiger partial charge in [0.05, 0.1) is 59.6 Å². The molecule has 2 saturated carbocycles. The number of benzene rings is 4. The molecule has 0 amide bonds. The summed E-state index contributed by atoms with van der Waals surface area (Å²) in [5, 5.41) is 36.8. The van der Waals surface area contributed by atoms with Crippen molar-refractivity contribution < 1.29 is 29.0 Å². The second-order valence-electron chi connectivity index (χ2n) is 13.4. The highest BCUT2D eigenvalue weighted by atomic mass is 35.5. The van der Waals surface area contributed by atoms with E-state index in [1.807, 2.05) is 30.3 Å². The standard InChI is InChI=1S/C22H19N3O2.C13H11NO4.C10H13N.ClHN4/c1-2-27-22(26)20-13-21(18-5-3-15(14-23)4-6-18)25(24-20)19-11-9-17(10-12-19)16-7-8-16;1-2-18-13(17)12(16)7-11(15)10-5-3-9(8-14)4-6-10;11-7-8-1-3-9(4-2-8)10-5-6-10;1-3-5-4-2/h3-6,9-13,16H,2,7-8H2,1H3;3-7,15H,2H2,1H3;1-4,10H,5-7,11H2;2H. The van der Waals surface area contributed by atoms with Crippen LogP contribution in [0.3, 0.4) is 0 Å². The van der Waals surface area contributed by atoms with Gasteiger partial charge in [0.2, 0.25) is 0 Å². The Morgan fingerprint density at radius 1 is 0.852 bits per heavy atom. The van der Waals surface area contributed by atoms with Crippen molar-refractivity contribution in [1.29, 1.82) is 16.1 Å². The first kappa shape index (κ1) is 46.4. The van der Waals surface area contributed by atoms with Crippen LogP contribution in [0.5, 0.6) is 0 Å². The van der Waals surface area contributed by atoms with Crippen molar-refractivity contribution in [2.24, 2.45) is 20.8 Å². The Morgan fingerprint density at radius 2 is 1.38 bits per heavy atom. The zero-order valence-electron chi connectivity index (χ0n) is 33.6. The zero-order valence-corrected chi connectivity index (χ0v) is 34.3. The highest BCUT2D eigenvalue weighted by molar-refractivity contribution is 6.39. The normalized spacial score (nSPS) is 12.7. The van der Waals surface area contributed by atoms with Crippen molar-refractivity contribution in [3.05, 3.63) is 148 Å². The third-order valence-electron chi connectivity index (χ3n) is 9.09. The van der Waals surface area contributed by atoms with Crippen LogP contribution in [-0.2, 0) is 25.6 Å². The third kappa shape index (κ3) is 14.5. The summed E-state index contributed by atoms with van der Waals surface area (Å²) in [7, 11) is 0. The topological polar surface area (TPSA) is 242 Å². The second-order valence-corrected chi connectivity index (χ2v) is 13.5. The molecule has 2 fully saturated rings. The summed E-state index contributed by atoms with van der Waals surface area (Å²) < 4.78 is 13.9. The van der Waals surface area contributed by atoms with Crippen LogP contribution in [0.25, 0.3) is 22.7 Å². The van der Waals surface area contributed by atoms with E-state index >= 15 is 0 Å². The minimum Gasteiger partial charge on any atom is -0.507 e. The number of halogens is 1. The van der Waals surface area contributed by atoms with Gasteiger partial charge in [-0.3, -0.25) is 4.79 Å². The van der Waals surface area contributed by atoms with E-state index in [9.17, 15) is 19.5 Å². The van der Waals surface area contributed by atoms with Crippen LogP contribution in [0, 0.1) is 28.2 Å². The summed E-state index contributed by atoms with van der Waals surface area (Å²) >= 11 is 4.55. The smallest absolute Gasteiger partial charge is 0.379 e. The molecule has 0 aliphatic heterocycles. The molecule has 0 bridgehead atoms. The van der Waals surface area contributed by atoms with Crippen LogP contribution >= 0.6 is 11.8 Å². The van der Waals surface area contributed by atoms with E-state index in [0.29, 0.717) is 35.8 Å². The number of hydrogen-bond donors (Lipinski definition) is 3. The summed E-state index contributed by atoms with van der Waals surface area (Å²) in [5.41, 5.74) is 19.6. The lowest BCUT2D eigenvalue weighted by Gasteiger charge is -2.08. The molecule has 0 spiro atoms. The number of esters is 2. The van der Waals surface area contributed by atoms with Gasteiger partial charge in [-0.1, -0.05) is 53.2 Å². The van der Waals surface area contributed by atoms with Crippen LogP contribution in [0.15, 0.2) is 124 Å². The number of carbonyl (C=O) groups is 3. The molecule has 5 aromatic rings. The molecule has 4 N–H and O–H groups in total. The van der Waals surface area contributed by atoms with Crippen LogP contribution in [0.1, 0.15) is 95.2 Å². The van der Waals surface area contributed by atoms with Gasteiger partial charge in [-0.15, -0.1) is 0 Å². The molecule has 1 heterocycles. The molecule has 16 heteroatoms. The van der Waals surface area contributed by atoms with Gasteiger partial charge in [-0.05, 0) is 133 Å². The third-order valence-corrected chi connectivity index (χ3v) is 9.15. The Bertz CT molecular complexity index is 2390. The molecule has 0 unspecified atom stereocenters. The lowest BCUT2D eigenvalue weighted by Crippen LogP contribution is -2.15. The Balaban J connectivity index is 0.000000206. The molecule has 2 aliphatic rings. The average molecular weight is 842 g/mol. The van der Waals surface area contributed by atoms with Crippen LogP contribution < -0.4 is 5.73 Å². The van der Waals surface area contributed by atoms with Crippen LogP contribution in [-0.4, -0.2) is 45.8 Å². The fraction of sp³-hybridized carbons (Fsp3) is 0.244. The first-order valence-electron chi connectivity index (χ1n) is 19.3. The van der Waals surface area contributed by atoms with Gasteiger partial charge in [0, 0.05) is 23.7 Å². The Kier molecular flexibility index (Phi) is 18.2.